The van der Waals surface area contributed by atoms with Crippen LogP contribution in [0.25, 0.3) is 0 Å². The van der Waals surface area contributed by atoms with Crippen LogP contribution in [0.5, 0.6) is 0 Å². The first-order valence-corrected chi connectivity index (χ1v) is 5.24. The molecule has 2 aromatic heterocycles. The fourth-order valence-corrected chi connectivity index (χ4v) is 1.46. The molecule has 2 aromatic rings. The lowest BCUT2D eigenvalue weighted by molar-refractivity contribution is -0.383. The maximum atomic E-state index is 11.0. The largest absolute Gasteiger partial charge is 0.359 e. The van der Waals surface area contributed by atoms with Gasteiger partial charge in [0, 0.05) is 6.07 Å². The van der Waals surface area contributed by atoms with Crippen LogP contribution in [0, 0.1) is 17.0 Å². The van der Waals surface area contributed by atoms with Gasteiger partial charge in [-0.1, -0.05) is 5.16 Å². The molecule has 0 aliphatic rings. The molecular weight excluding hydrogens is 254 g/mol. The number of nitrogens with one attached hydrogen (secondary N) is 2. The van der Waals surface area contributed by atoms with Crippen LogP contribution in [0.3, 0.4) is 0 Å². The van der Waals surface area contributed by atoms with Gasteiger partial charge in [-0.05, 0) is 6.92 Å². The number of hydrogen-bond acceptors (Lipinski definition) is 9. The number of hydrogen-bond donors (Lipinski definition) is 3. The molecule has 0 radical (unpaired) electrons. The first-order chi connectivity index (χ1) is 9.11. The maximum Gasteiger partial charge on any atom is 0.354 e. The van der Waals surface area contributed by atoms with E-state index < -0.39 is 4.92 Å². The highest BCUT2D eigenvalue weighted by Gasteiger charge is 2.22. The van der Waals surface area contributed by atoms with Crippen LogP contribution < -0.4 is 16.6 Å². The predicted molar refractivity (Wildman–Crippen MR) is 65.1 cm³/mol. The summed E-state index contributed by atoms with van der Waals surface area (Å²) in [6, 6.07) is 1.71. The molecule has 0 bridgehead atoms. The Labute approximate surface area is 107 Å². The van der Waals surface area contributed by atoms with E-state index in [4.69, 9.17) is 10.4 Å². The van der Waals surface area contributed by atoms with Crippen molar-refractivity contribution in [2.75, 3.05) is 10.7 Å². The van der Waals surface area contributed by atoms with Gasteiger partial charge in [-0.2, -0.15) is 0 Å². The first kappa shape index (κ1) is 12.7. The average Bonchev–Trinajstić information content (AvgIpc) is 2.81. The molecule has 0 unspecified atom stereocenters. The van der Waals surface area contributed by atoms with Crippen LogP contribution in [0.4, 0.5) is 17.3 Å². The van der Waals surface area contributed by atoms with Crippen molar-refractivity contribution in [2.45, 2.75) is 13.5 Å². The van der Waals surface area contributed by atoms with Crippen molar-refractivity contribution in [3.63, 3.8) is 0 Å². The van der Waals surface area contributed by atoms with Gasteiger partial charge in [-0.3, -0.25) is 10.1 Å². The van der Waals surface area contributed by atoms with E-state index in [0.717, 1.165) is 12.0 Å². The molecule has 10 heteroatoms. The van der Waals surface area contributed by atoms with E-state index in [1.807, 2.05) is 0 Å². The van der Waals surface area contributed by atoms with Gasteiger partial charge in [0.2, 0.25) is 11.6 Å². The standard InChI is InChI=1S/C9H11N7O3/c1-5-2-6(19-15-5)3-11-8-7(16(17)18)9(14-10)13-4-12-8/h2,4H,3,10H2,1H3,(H2,11,12,13,14). The molecule has 0 aliphatic carbocycles. The number of anilines is 2. The van der Waals surface area contributed by atoms with E-state index in [2.05, 4.69) is 25.9 Å². The first-order valence-electron chi connectivity index (χ1n) is 5.24. The Balaban J connectivity index is 2.22. The second-order valence-electron chi connectivity index (χ2n) is 3.61. The molecule has 10 nitrogen and oxygen atoms in total. The number of aryl methyl sites for hydroxylation is 1. The smallest absolute Gasteiger partial charge is 0.354 e. The van der Waals surface area contributed by atoms with Crippen molar-refractivity contribution in [1.29, 1.82) is 0 Å². The zero-order valence-electron chi connectivity index (χ0n) is 9.95. The highest BCUT2D eigenvalue weighted by molar-refractivity contribution is 5.68. The molecule has 0 spiro atoms. The molecule has 0 aliphatic heterocycles. The quantitative estimate of drug-likeness (QED) is 0.401. The normalized spacial score (nSPS) is 10.2. The lowest BCUT2D eigenvalue weighted by atomic mass is 10.3. The van der Waals surface area contributed by atoms with Crippen molar-refractivity contribution in [2.24, 2.45) is 5.84 Å². The number of nitrogens with two attached hydrogens (primary N) is 1. The summed E-state index contributed by atoms with van der Waals surface area (Å²) in [5.74, 6) is 5.67. The fraction of sp³-hybridized carbons (Fsp3) is 0.222. The second kappa shape index (κ2) is 5.27. The highest BCUT2D eigenvalue weighted by atomic mass is 16.6. The summed E-state index contributed by atoms with van der Waals surface area (Å²) < 4.78 is 4.98. The number of hydrazine groups is 1. The Morgan fingerprint density at radius 2 is 2.21 bits per heavy atom. The summed E-state index contributed by atoms with van der Waals surface area (Å²) in [7, 11) is 0. The molecule has 0 fully saturated rings. The third-order valence-corrected chi connectivity index (χ3v) is 2.25. The number of nitro groups is 1. The van der Waals surface area contributed by atoms with E-state index in [1.165, 1.54) is 0 Å². The van der Waals surface area contributed by atoms with Crippen LogP contribution in [0.15, 0.2) is 16.9 Å². The zero-order valence-corrected chi connectivity index (χ0v) is 9.95. The summed E-state index contributed by atoms with van der Waals surface area (Å²) in [4.78, 5) is 17.8. The van der Waals surface area contributed by atoms with Gasteiger partial charge in [0.25, 0.3) is 0 Å². The van der Waals surface area contributed by atoms with Gasteiger partial charge < -0.3 is 15.3 Å². The van der Waals surface area contributed by atoms with Gasteiger partial charge in [-0.15, -0.1) is 0 Å². The van der Waals surface area contributed by atoms with Gasteiger partial charge in [0.15, 0.2) is 5.76 Å². The van der Waals surface area contributed by atoms with Crippen molar-refractivity contribution < 1.29 is 9.45 Å². The van der Waals surface area contributed by atoms with Crippen molar-refractivity contribution in [1.82, 2.24) is 15.1 Å². The van der Waals surface area contributed by atoms with Gasteiger partial charge in [-0.25, -0.2) is 15.8 Å². The van der Waals surface area contributed by atoms with Crippen LogP contribution in [0.2, 0.25) is 0 Å². The Kier molecular flexibility index (Phi) is 3.52. The van der Waals surface area contributed by atoms with Gasteiger partial charge in [0.05, 0.1) is 17.2 Å². The van der Waals surface area contributed by atoms with E-state index in [-0.39, 0.29) is 23.9 Å². The number of aromatic nitrogens is 3. The molecule has 0 aromatic carbocycles. The molecule has 2 rings (SSSR count). The van der Waals surface area contributed by atoms with E-state index in [1.54, 1.807) is 13.0 Å². The van der Waals surface area contributed by atoms with Crippen molar-refractivity contribution >= 4 is 17.3 Å². The lowest BCUT2D eigenvalue weighted by Gasteiger charge is -2.06. The number of nitrogens with zero attached hydrogens (tertiary/aromatic N) is 4. The van der Waals surface area contributed by atoms with E-state index >= 15 is 0 Å². The summed E-state index contributed by atoms with van der Waals surface area (Å²) >= 11 is 0. The minimum absolute atomic E-state index is 0.0435. The monoisotopic (exact) mass is 265 g/mol. The molecule has 4 N–H and O–H groups in total. The third kappa shape index (κ3) is 2.74. The Hall–Kier alpha value is -2.75. The molecule has 0 saturated heterocycles. The van der Waals surface area contributed by atoms with Crippen LogP contribution in [-0.4, -0.2) is 20.0 Å². The SMILES string of the molecule is Cc1cc(CNc2ncnc(NN)c2[N+](=O)[O-])on1. The molecule has 0 atom stereocenters. The minimum Gasteiger partial charge on any atom is -0.359 e. The van der Waals surface area contributed by atoms with Crippen LogP contribution >= 0.6 is 0 Å². The van der Waals surface area contributed by atoms with Crippen molar-refractivity contribution in [3.05, 3.63) is 34.0 Å². The average molecular weight is 265 g/mol. The Morgan fingerprint density at radius 1 is 1.47 bits per heavy atom. The van der Waals surface area contributed by atoms with Crippen LogP contribution in [0.1, 0.15) is 11.5 Å². The third-order valence-electron chi connectivity index (χ3n) is 2.25. The topological polar surface area (TPSA) is 145 Å². The molecule has 0 amide bonds. The summed E-state index contributed by atoms with van der Waals surface area (Å²) in [6.07, 6.45) is 1.16. The fourth-order valence-electron chi connectivity index (χ4n) is 1.46. The Bertz CT molecular complexity index is 597. The summed E-state index contributed by atoms with van der Waals surface area (Å²) in [5.41, 5.74) is 2.54. The van der Waals surface area contributed by atoms with Crippen molar-refractivity contribution in [3.8, 4) is 0 Å². The number of rotatable bonds is 5. The van der Waals surface area contributed by atoms with E-state index in [0.29, 0.717) is 5.76 Å². The van der Waals surface area contributed by atoms with Crippen LogP contribution in [-0.2, 0) is 6.54 Å². The summed E-state index contributed by atoms with van der Waals surface area (Å²) in [6.45, 7) is 1.99. The Morgan fingerprint density at radius 3 is 2.79 bits per heavy atom. The summed E-state index contributed by atoms with van der Waals surface area (Å²) in [5, 5.41) is 17.5. The molecule has 2 heterocycles. The lowest BCUT2D eigenvalue weighted by Crippen LogP contribution is -2.13. The predicted octanol–water partition coefficient (Wildman–Crippen LogP) is 0.579. The molecule has 0 saturated carbocycles. The highest BCUT2D eigenvalue weighted by Crippen LogP contribution is 2.28. The molecular formula is C9H11N7O3. The second-order valence-corrected chi connectivity index (χ2v) is 3.61. The van der Waals surface area contributed by atoms with Gasteiger partial charge >= 0.3 is 5.69 Å². The molecule has 19 heavy (non-hydrogen) atoms. The zero-order chi connectivity index (χ0) is 13.8. The molecule has 100 valence electrons. The van der Waals surface area contributed by atoms with E-state index in [9.17, 15) is 10.1 Å². The van der Waals surface area contributed by atoms with Gasteiger partial charge in [0.1, 0.15) is 6.33 Å². The number of nitrogen functional groups attached to an aromatic ring is 1. The minimum atomic E-state index is -0.622. The maximum absolute atomic E-state index is 11.0.